The Morgan fingerprint density at radius 1 is 0.568 bits per heavy atom. The van der Waals surface area contributed by atoms with Crippen LogP contribution in [-0.4, -0.2) is 71.7 Å². The Hall–Kier alpha value is -2.81. The van der Waals surface area contributed by atoms with Crippen molar-refractivity contribution >= 4 is 0 Å². The van der Waals surface area contributed by atoms with E-state index in [0.29, 0.717) is 18.4 Å². The number of aromatic nitrogens is 6. The zero-order valence-electron chi connectivity index (χ0n) is 22.5. The summed E-state index contributed by atoms with van der Waals surface area (Å²) in [6.45, 7) is -0.960. The van der Waals surface area contributed by atoms with Gasteiger partial charge >= 0.3 is 41.7 Å². The van der Waals surface area contributed by atoms with Gasteiger partial charge in [0.15, 0.2) is 0 Å². The normalized spacial score (nSPS) is 14.5. The minimum Gasteiger partial charge on any atom is -0.369 e. The summed E-state index contributed by atoms with van der Waals surface area (Å²) in [6.07, 6.45) is 0.411. The highest BCUT2D eigenvalue weighted by molar-refractivity contribution is 5.13. The van der Waals surface area contributed by atoms with Gasteiger partial charge in [-0.3, -0.25) is 4.68 Å². The Bertz CT molecular complexity index is 1190. The molecule has 0 bridgehead atoms. The molecule has 2 rings (SSSR count). The maximum Gasteiger partial charge on any atom is 0.460 e. The number of ether oxygens (including phenoxy) is 1. The lowest BCUT2D eigenvalue weighted by Crippen LogP contribution is -2.72. The van der Waals surface area contributed by atoms with Gasteiger partial charge in [-0.2, -0.15) is 65.9 Å². The third-order valence-electron chi connectivity index (χ3n) is 6.17. The molecule has 22 heteroatoms. The van der Waals surface area contributed by atoms with Crippen molar-refractivity contribution < 1.29 is 70.6 Å². The van der Waals surface area contributed by atoms with Crippen LogP contribution in [0.3, 0.4) is 0 Å². The first-order chi connectivity index (χ1) is 20.0. The second kappa shape index (κ2) is 13.3. The van der Waals surface area contributed by atoms with Gasteiger partial charge in [0.2, 0.25) is 0 Å². The summed E-state index contributed by atoms with van der Waals surface area (Å²) in [5, 5.41) is 13.7. The molecule has 0 saturated heterocycles. The van der Waals surface area contributed by atoms with E-state index < -0.39 is 60.6 Å². The quantitative estimate of drug-likeness (QED) is 0.123. The Kier molecular flexibility index (Phi) is 11.3. The van der Waals surface area contributed by atoms with Crippen LogP contribution >= 0.6 is 0 Å². The number of aryl methyl sites for hydroxylation is 1. The SMILES string of the molecule is CCCCCCCCn1cc(COCc2cn(CC(F)(F)C(F)(F)C(F)(F)C(F)(F)C(F)(F)C(F)(F)C(F)(F)F)nn2)nn1. The van der Waals surface area contributed by atoms with Crippen molar-refractivity contribution in [2.24, 2.45) is 0 Å². The molecule has 7 nitrogen and oxygen atoms in total. The summed E-state index contributed by atoms with van der Waals surface area (Å²) in [5.41, 5.74) is -0.123. The second-order valence-corrected chi connectivity index (χ2v) is 9.72. The third-order valence-corrected chi connectivity index (χ3v) is 6.17. The van der Waals surface area contributed by atoms with E-state index >= 15 is 0 Å². The molecule has 0 N–H and O–H groups in total. The smallest absolute Gasteiger partial charge is 0.369 e. The maximum atomic E-state index is 14.1. The minimum absolute atomic E-state index is 0.240. The summed E-state index contributed by atoms with van der Waals surface area (Å²) in [5.74, 6) is -46.9. The van der Waals surface area contributed by atoms with E-state index in [4.69, 9.17) is 4.74 Å². The molecule has 0 spiro atoms. The standard InChI is InChI=1S/C22H25F15N6O/c1-2-3-4-5-6-7-8-42-9-14(38-40-42)11-44-12-15-10-43(41-39-15)13-16(23,24)17(25,26)18(27,28)19(29,30)20(31,32)21(33,34)22(35,36)37/h9-10H,2-8,11-13H2,1H3. The molecule has 0 radical (unpaired) electrons. The van der Waals surface area contributed by atoms with Crippen LogP contribution in [0.15, 0.2) is 12.4 Å². The molecule has 0 aliphatic heterocycles. The molecule has 0 unspecified atom stereocenters. The molecule has 0 aromatic carbocycles. The largest absolute Gasteiger partial charge is 0.460 e. The average Bonchev–Trinajstić information content (AvgIpc) is 3.53. The van der Waals surface area contributed by atoms with Crippen molar-refractivity contribution in [3.8, 4) is 0 Å². The topological polar surface area (TPSA) is 70.7 Å². The highest BCUT2D eigenvalue weighted by Crippen LogP contribution is 2.62. The van der Waals surface area contributed by atoms with Crippen molar-refractivity contribution in [3.05, 3.63) is 23.8 Å². The van der Waals surface area contributed by atoms with Crippen LogP contribution in [-0.2, 0) is 31.0 Å². The molecule has 2 aromatic rings. The summed E-state index contributed by atoms with van der Waals surface area (Å²) in [7, 11) is 0. The summed E-state index contributed by atoms with van der Waals surface area (Å²) < 4.78 is 206. The average molecular weight is 674 g/mol. The van der Waals surface area contributed by atoms with Crippen LogP contribution in [0.1, 0.15) is 56.8 Å². The van der Waals surface area contributed by atoms with Crippen molar-refractivity contribution in [2.45, 2.75) is 113 Å². The van der Waals surface area contributed by atoms with Crippen LogP contribution in [0.4, 0.5) is 65.9 Å². The fraction of sp³-hybridized carbons (Fsp3) is 0.818. The summed E-state index contributed by atoms with van der Waals surface area (Å²) >= 11 is 0. The zero-order chi connectivity index (χ0) is 33.8. The highest BCUT2D eigenvalue weighted by atomic mass is 19.4. The molecular weight excluding hydrogens is 649 g/mol. The first-order valence-corrected chi connectivity index (χ1v) is 12.7. The van der Waals surface area contributed by atoms with Gasteiger partial charge in [0, 0.05) is 6.54 Å². The molecular formula is C22H25F15N6O. The summed E-state index contributed by atoms with van der Waals surface area (Å²) in [6, 6.07) is 0. The number of unbranched alkanes of at least 4 members (excludes halogenated alkanes) is 5. The van der Waals surface area contributed by atoms with E-state index in [2.05, 4.69) is 27.5 Å². The summed E-state index contributed by atoms with van der Waals surface area (Å²) in [4.78, 5) is 0. The monoisotopic (exact) mass is 674 g/mol. The van der Waals surface area contributed by atoms with Crippen LogP contribution in [0.5, 0.6) is 0 Å². The number of nitrogens with zero attached hydrogens (tertiary/aromatic N) is 6. The maximum absolute atomic E-state index is 14.1. The lowest BCUT2D eigenvalue weighted by atomic mass is 9.91. The fourth-order valence-corrected chi connectivity index (χ4v) is 3.61. The van der Waals surface area contributed by atoms with E-state index in [0.717, 1.165) is 38.5 Å². The van der Waals surface area contributed by atoms with Gasteiger partial charge < -0.3 is 4.74 Å². The second-order valence-electron chi connectivity index (χ2n) is 9.72. The van der Waals surface area contributed by atoms with Gasteiger partial charge in [-0.25, -0.2) is 4.68 Å². The molecule has 2 heterocycles. The molecule has 2 aromatic heterocycles. The lowest BCUT2D eigenvalue weighted by Gasteiger charge is -2.41. The molecule has 0 aliphatic carbocycles. The predicted octanol–water partition coefficient (Wildman–Crippen LogP) is 7.32. The first kappa shape index (κ1) is 37.4. The van der Waals surface area contributed by atoms with Gasteiger partial charge in [-0.15, -0.1) is 10.2 Å². The highest BCUT2D eigenvalue weighted by Gasteiger charge is 2.93. The van der Waals surface area contributed by atoms with Crippen molar-refractivity contribution in [1.29, 1.82) is 0 Å². The van der Waals surface area contributed by atoms with Crippen LogP contribution in [0.2, 0.25) is 0 Å². The number of hydrogen-bond donors (Lipinski definition) is 0. The Morgan fingerprint density at radius 2 is 1.00 bits per heavy atom. The minimum atomic E-state index is -8.34. The van der Waals surface area contributed by atoms with Crippen LogP contribution in [0.25, 0.3) is 0 Å². The molecule has 0 saturated carbocycles. The van der Waals surface area contributed by atoms with Gasteiger partial charge in [-0.1, -0.05) is 49.5 Å². The van der Waals surface area contributed by atoms with E-state index in [9.17, 15) is 65.9 Å². The fourth-order valence-electron chi connectivity index (χ4n) is 3.61. The Balaban J connectivity index is 2.04. The number of hydrogen-bond acceptors (Lipinski definition) is 5. The van der Waals surface area contributed by atoms with Gasteiger partial charge in [0.1, 0.15) is 17.9 Å². The van der Waals surface area contributed by atoms with Crippen LogP contribution < -0.4 is 0 Å². The van der Waals surface area contributed by atoms with E-state index in [1.165, 1.54) is 10.9 Å². The van der Waals surface area contributed by atoms with Crippen molar-refractivity contribution in [1.82, 2.24) is 30.0 Å². The number of rotatable bonds is 18. The van der Waals surface area contributed by atoms with Crippen molar-refractivity contribution in [2.75, 3.05) is 0 Å². The molecule has 0 amide bonds. The molecule has 0 aliphatic rings. The lowest BCUT2D eigenvalue weighted by molar-refractivity contribution is -0.452. The molecule has 44 heavy (non-hydrogen) atoms. The van der Waals surface area contributed by atoms with Gasteiger partial charge in [0.05, 0.1) is 25.6 Å². The number of halogens is 15. The molecule has 0 atom stereocenters. The first-order valence-electron chi connectivity index (χ1n) is 12.7. The van der Waals surface area contributed by atoms with Gasteiger partial charge in [-0.05, 0) is 6.42 Å². The predicted molar refractivity (Wildman–Crippen MR) is 118 cm³/mol. The molecule has 254 valence electrons. The van der Waals surface area contributed by atoms with E-state index in [1.807, 2.05) is 0 Å². The third kappa shape index (κ3) is 7.35. The van der Waals surface area contributed by atoms with Gasteiger partial charge in [0.25, 0.3) is 0 Å². The Labute approximate surface area is 238 Å². The van der Waals surface area contributed by atoms with Crippen LogP contribution in [0, 0.1) is 0 Å². The zero-order valence-corrected chi connectivity index (χ0v) is 22.5. The van der Waals surface area contributed by atoms with Crippen molar-refractivity contribution in [3.63, 3.8) is 0 Å². The van der Waals surface area contributed by atoms with E-state index in [-0.39, 0.29) is 11.3 Å². The number of alkyl halides is 15. The molecule has 0 fully saturated rings. The Morgan fingerprint density at radius 3 is 1.52 bits per heavy atom. The van der Waals surface area contributed by atoms with E-state index in [1.54, 1.807) is 0 Å².